The Hall–Kier alpha value is -0.720. The van der Waals surface area contributed by atoms with Crippen LogP contribution in [-0.2, 0) is 14.2 Å². The van der Waals surface area contributed by atoms with Crippen molar-refractivity contribution in [2.75, 3.05) is 0 Å². The van der Waals surface area contributed by atoms with Gasteiger partial charge in [-0.1, -0.05) is 12.2 Å². The van der Waals surface area contributed by atoms with Crippen molar-refractivity contribution in [1.82, 2.24) is 0 Å². The molecule has 2 N–H and O–H groups in total. The molecular weight excluding hydrogens is 236 g/mol. The summed E-state index contributed by atoms with van der Waals surface area (Å²) in [5.74, 6) is -0.811. The monoisotopic (exact) mass is 256 g/mol. The number of hydrogen-bond donors (Lipinski definition) is 2. The summed E-state index contributed by atoms with van der Waals surface area (Å²) in [4.78, 5) is 0. The lowest BCUT2D eigenvalue weighted by Crippen LogP contribution is -2.52. The Bertz CT molecular complexity index is 353. The molecule has 0 spiro atoms. The van der Waals surface area contributed by atoms with Crippen LogP contribution in [0.2, 0.25) is 0 Å². The van der Waals surface area contributed by atoms with Gasteiger partial charge >= 0.3 is 0 Å². The fraction of sp³-hybridized carbons (Fsp3) is 0.692. The summed E-state index contributed by atoms with van der Waals surface area (Å²) >= 11 is 0. The third kappa shape index (κ3) is 2.02. The second kappa shape index (κ2) is 4.43. The first kappa shape index (κ1) is 13.7. The fourth-order valence-electron chi connectivity index (χ4n) is 2.55. The van der Waals surface area contributed by atoms with Gasteiger partial charge in [-0.15, -0.1) is 13.2 Å². The van der Waals surface area contributed by atoms with Gasteiger partial charge in [-0.25, -0.2) is 0 Å². The highest BCUT2D eigenvalue weighted by Gasteiger charge is 2.63. The lowest BCUT2D eigenvalue weighted by Gasteiger charge is -2.34. The largest absolute Gasteiger partial charge is 0.386 e. The first-order chi connectivity index (χ1) is 8.34. The topological polar surface area (TPSA) is 68.2 Å². The lowest BCUT2D eigenvalue weighted by atomic mass is 9.86. The van der Waals surface area contributed by atoms with Gasteiger partial charge in [-0.3, -0.25) is 0 Å². The van der Waals surface area contributed by atoms with Crippen molar-refractivity contribution in [1.29, 1.82) is 0 Å². The molecule has 2 aliphatic heterocycles. The molecule has 5 heteroatoms. The summed E-state index contributed by atoms with van der Waals surface area (Å²) in [5.41, 5.74) is -1.37. The Labute approximate surface area is 107 Å². The van der Waals surface area contributed by atoms with E-state index in [0.717, 1.165) is 0 Å². The normalized spacial score (nSPS) is 43.4. The molecule has 2 saturated heterocycles. The molecule has 2 heterocycles. The van der Waals surface area contributed by atoms with E-state index in [1.54, 1.807) is 19.9 Å². The van der Waals surface area contributed by atoms with Crippen molar-refractivity contribution in [2.24, 2.45) is 0 Å². The SMILES string of the molecule is C=CC[C@@]1(O)[C@@H](C(O)C=C)O[C@@H]2OC(C)(C)O[C@@H]21. The van der Waals surface area contributed by atoms with Crippen LogP contribution >= 0.6 is 0 Å². The zero-order chi connectivity index (χ0) is 13.6. The van der Waals surface area contributed by atoms with Crippen molar-refractivity contribution in [2.45, 2.75) is 56.3 Å². The molecule has 2 aliphatic rings. The highest BCUT2D eigenvalue weighted by Crippen LogP contribution is 2.45. The summed E-state index contributed by atoms with van der Waals surface area (Å²) < 4.78 is 16.8. The van der Waals surface area contributed by atoms with Crippen molar-refractivity contribution in [3.05, 3.63) is 25.3 Å². The van der Waals surface area contributed by atoms with Crippen LogP contribution in [0.4, 0.5) is 0 Å². The molecule has 0 bridgehead atoms. The van der Waals surface area contributed by atoms with Crippen molar-refractivity contribution in [3.8, 4) is 0 Å². The number of aliphatic hydroxyl groups excluding tert-OH is 1. The van der Waals surface area contributed by atoms with Crippen LogP contribution < -0.4 is 0 Å². The highest BCUT2D eigenvalue weighted by atomic mass is 16.8. The van der Waals surface area contributed by atoms with Gasteiger partial charge in [0.1, 0.15) is 23.9 Å². The number of aliphatic hydroxyl groups is 2. The third-order valence-corrected chi connectivity index (χ3v) is 3.35. The average Bonchev–Trinajstić information content (AvgIpc) is 2.72. The maximum atomic E-state index is 10.7. The molecule has 18 heavy (non-hydrogen) atoms. The second-order valence-corrected chi connectivity index (χ2v) is 5.19. The number of rotatable bonds is 4. The summed E-state index contributed by atoms with van der Waals surface area (Å²) in [5, 5.41) is 20.6. The molecule has 0 aromatic rings. The van der Waals surface area contributed by atoms with Crippen molar-refractivity contribution >= 4 is 0 Å². The highest BCUT2D eigenvalue weighted by molar-refractivity contribution is 5.11. The molecule has 102 valence electrons. The van der Waals surface area contributed by atoms with E-state index in [4.69, 9.17) is 14.2 Å². The Morgan fingerprint density at radius 1 is 1.33 bits per heavy atom. The summed E-state index contributed by atoms with van der Waals surface area (Å²) in [6.45, 7) is 10.6. The first-order valence-electron chi connectivity index (χ1n) is 5.99. The predicted octanol–water partition coefficient (Wildman–Crippen LogP) is 0.717. The molecule has 0 aromatic heterocycles. The quantitative estimate of drug-likeness (QED) is 0.725. The van der Waals surface area contributed by atoms with Gasteiger partial charge in [0.15, 0.2) is 12.1 Å². The smallest absolute Gasteiger partial charge is 0.190 e. The van der Waals surface area contributed by atoms with E-state index in [9.17, 15) is 10.2 Å². The molecule has 1 unspecified atom stereocenters. The minimum Gasteiger partial charge on any atom is -0.386 e. The molecule has 5 nitrogen and oxygen atoms in total. The maximum absolute atomic E-state index is 10.7. The zero-order valence-corrected chi connectivity index (χ0v) is 10.7. The zero-order valence-electron chi connectivity index (χ0n) is 10.7. The Morgan fingerprint density at radius 2 is 2.00 bits per heavy atom. The number of fused-ring (bicyclic) bond motifs is 1. The van der Waals surface area contributed by atoms with Crippen LogP contribution in [0.3, 0.4) is 0 Å². The lowest BCUT2D eigenvalue weighted by molar-refractivity contribution is -0.238. The Kier molecular flexibility index (Phi) is 3.38. The van der Waals surface area contributed by atoms with E-state index >= 15 is 0 Å². The molecule has 5 atom stereocenters. The van der Waals surface area contributed by atoms with E-state index in [1.807, 2.05) is 0 Å². The Morgan fingerprint density at radius 3 is 2.56 bits per heavy atom. The van der Waals surface area contributed by atoms with Crippen LogP contribution in [0.5, 0.6) is 0 Å². The maximum Gasteiger partial charge on any atom is 0.190 e. The minimum absolute atomic E-state index is 0.239. The summed E-state index contributed by atoms with van der Waals surface area (Å²) in [7, 11) is 0. The van der Waals surface area contributed by atoms with Gasteiger partial charge in [-0.2, -0.15) is 0 Å². The van der Waals surface area contributed by atoms with Gasteiger partial charge in [0.05, 0.1) is 0 Å². The summed E-state index contributed by atoms with van der Waals surface area (Å²) in [6.07, 6.45) is -0.0262. The molecule has 2 fully saturated rings. The molecule has 0 saturated carbocycles. The van der Waals surface area contributed by atoms with Crippen LogP contribution in [0, 0.1) is 0 Å². The second-order valence-electron chi connectivity index (χ2n) is 5.19. The molecule has 0 radical (unpaired) electrons. The van der Waals surface area contributed by atoms with E-state index < -0.39 is 36.0 Å². The van der Waals surface area contributed by atoms with Gasteiger partial charge in [0.2, 0.25) is 0 Å². The van der Waals surface area contributed by atoms with E-state index in [2.05, 4.69) is 13.2 Å². The average molecular weight is 256 g/mol. The van der Waals surface area contributed by atoms with Crippen LogP contribution in [-0.4, -0.2) is 46.2 Å². The number of hydrogen-bond acceptors (Lipinski definition) is 5. The number of ether oxygens (including phenoxy) is 3. The Balaban J connectivity index is 2.28. The van der Waals surface area contributed by atoms with Gasteiger partial charge in [0.25, 0.3) is 0 Å². The van der Waals surface area contributed by atoms with Gasteiger partial charge < -0.3 is 24.4 Å². The minimum atomic E-state index is -1.37. The molecule has 2 rings (SSSR count). The standard InChI is InChI=1S/C13H20O5/c1-5-7-13(15)9(8(14)6-2)16-11-10(13)17-12(3,4)18-11/h5-6,8-11,14-15H,1-2,7H2,3-4H3/t8?,9-,10+,11-,13-/m1/s1. The van der Waals surface area contributed by atoms with E-state index in [0.29, 0.717) is 0 Å². The summed E-state index contributed by atoms with van der Waals surface area (Å²) in [6, 6.07) is 0. The van der Waals surface area contributed by atoms with Crippen LogP contribution in [0.1, 0.15) is 20.3 Å². The fourth-order valence-corrected chi connectivity index (χ4v) is 2.55. The van der Waals surface area contributed by atoms with Crippen LogP contribution in [0.25, 0.3) is 0 Å². The molecule has 0 amide bonds. The molecular formula is C13H20O5. The van der Waals surface area contributed by atoms with Crippen molar-refractivity contribution < 1.29 is 24.4 Å². The third-order valence-electron chi connectivity index (χ3n) is 3.35. The van der Waals surface area contributed by atoms with Crippen LogP contribution in [0.15, 0.2) is 25.3 Å². The first-order valence-corrected chi connectivity index (χ1v) is 5.99. The van der Waals surface area contributed by atoms with Gasteiger partial charge in [-0.05, 0) is 20.3 Å². The van der Waals surface area contributed by atoms with Crippen molar-refractivity contribution in [3.63, 3.8) is 0 Å². The molecule has 0 aromatic carbocycles. The van der Waals surface area contributed by atoms with Gasteiger partial charge in [0, 0.05) is 0 Å². The van der Waals surface area contributed by atoms with E-state index in [-0.39, 0.29) is 6.42 Å². The van der Waals surface area contributed by atoms with E-state index in [1.165, 1.54) is 6.08 Å². The predicted molar refractivity (Wildman–Crippen MR) is 64.7 cm³/mol. The molecule has 0 aliphatic carbocycles.